The molecular weight excluding hydrogens is 264 g/mol. The lowest BCUT2D eigenvalue weighted by atomic mass is 10.2. The van der Waals surface area contributed by atoms with Crippen molar-refractivity contribution in [3.05, 3.63) is 48.4 Å². The van der Waals surface area contributed by atoms with Gasteiger partial charge in [-0.25, -0.2) is 4.98 Å². The Morgan fingerprint density at radius 1 is 1.10 bits per heavy atom. The molecule has 0 fully saturated rings. The number of para-hydroxylation sites is 1. The number of hydrogen-bond donors (Lipinski definition) is 2. The number of nitrogens with one attached hydrogen (secondary N) is 1. The van der Waals surface area contributed by atoms with Gasteiger partial charge >= 0.3 is 0 Å². The number of unbranched alkanes of at least 4 members (excludes halogenated alkanes) is 1. The number of aryl methyl sites for hydroxylation is 1. The summed E-state index contributed by atoms with van der Waals surface area (Å²) in [6.07, 6.45) is 4.61. The molecule has 108 valence electrons. The van der Waals surface area contributed by atoms with Crippen molar-refractivity contribution >= 4 is 17.3 Å². The minimum absolute atomic E-state index is 0.578. The summed E-state index contributed by atoms with van der Waals surface area (Å²) in [5.74, 6) is 1.49. The maximum absolute atomic E-state index is 5.53. The highest BCUT2D eigenvalue weighted by molar-refractivity contribution is 5.55. The van der Waals surface area contributed by atoms with Crippen LogP contribution in [0.15, 0.2) is 42.6 Å². The van der Waals surface area contributed by atoms with Crippen molar-refractivity contribution in [2.75, 3.05) is 11.9 Å². The van der Waals surface area contributed by atoms with Gasteiger partial charge in [0.15, 0.2) is 5.65 Å². The van der Waals surface area contributed by atoms with Crippen molar-refractivity contribution in [1.82, 2.24) is 19.6 Å². The zero-order chi connectivity index (χ0) is 14.5. The van der Waals surface area contributed by atoms with E-state index < -0.39 is 0 Å². The van der Waals surface area contributed by atoms with Gasteiger partial charge in [0.05, 0.1) is 0 Å². The molecule has 0 saturated carbocycles. The Morgan fingerprint density at radius 2 is 1.95 bits per heavy atom. The first kappa shape index (κ1) is 13.5. The highest BCUT2D eigenvalue weighted by Crippen LogP contribution is 2.14. The van der Waals surface area contributed by atoms with Gasteiger partial charge in [-0.2, -0.15) is 9.50 Å². The summed E-state index contributed by atoms with van der Waals surface area (Å²) >= 11 is 0. The first-order valence-corrected chi connectivity index (χ1v) is 7.09. The predicted octanol–water partition coefficient (Wildman–Crippen LogP) is 2.15. The molecule has 6 nitrogen and oxygen atoms in total. The molecule has 0 bridgehead atoms. The summed E-state index contributed by atoms with van der Waals surface area (Å²) in [6, 6.07) is 11.7. The minimum atomic E-state index is 0.578. The molecule has 0 aliphatic heterocycles. The van der Waals surface area contributed by atoms with Gasteiger partial charge in [0.1, 0.15) is 5.82 Å². The Kier molecular flexibility index (Phi) is 4.07. The molecule has 2 heterocycles. The SMILES string of the molecule is NCCCCc1nccc2nc(Nc3ccccc3)nn12. The molecule has 3 aromatic rings. The molecular formula is C15H18N6. The second-order valence-electron chi connectivity index (χ2n) is 4.80. The van der Waals surface area contributed by atoms with Gasteiger partial charge in [-0.05, 0) is 31.5 Å². The van der Waals surface area contributed by atoms with Crippen LogP contribution in [-0.2, 0) is 6.42 Å². The number of rotatable bonds is 6. The standard InChI is InChI=1S/C15H18N6/c16-10-5-4-8-13-17-11-9-14-19-15(20-21(13)14)18-12-6-2-1-3-7-12/h1-3,6-7,9,11H,4-5,8,10,16H2,(H,18,20). The fourth-order valence-corrected chi connectivity index (χ4v) is 2.17. The molecule has 0 radical (unpaired) electrons. The quantitative estimate of drug-likeness (QED) is 0.677. The van der Waals surface area contributed by atoms with Crippen LogP contribution in [0.25, 0.3) is 5.65 Å². The van der Waals surface area contributed by atoms with E-state index in [1.54, 1.807) is 10.7 Å². The zero-order valence-electron chi connectivity index (χ0n) is 11.7. The van der Waals surface area contributed by atoms with E-state index in [0.717, 1.165) is 36.4 Å². The molecule has 3 rings (SSSR count). The molecule has 0 unspecified atom stereocenters. The number of benzene rings is 1. The number of aromatic nitrogens is 4. The van der Waals surface area contributed by atoms with E-state index in [1.807, 2.05) is 36.4 Å². The molecule has 2 aromatic heterocycles. The Labute approximate surface area is 123 Å². The first-order chi connectivity index (χ1) is 10.4. The number of nitrogens with zero attached hydrogens (tertiary/aromatic N) is 4. The average Bonchev–Trinajstić information content (AvgIpc) is 2.92. The molecule has 0 saturated heterocycles. The Bertz CT molecular complexity index is 707. The van der Waals surface area contributed by atoms with Gasteiger partial charge in [-0.15, -0.1) is 5.10 Å². The third-order valence-corrected chi connectivity index (χ3v) is 3.21. The van der Waals surface area contributed by atoms with Gasteiger partial charge in [0, 0.05) is 24.4 Å². The van der Waals surface area contributed by atoms with E-state index in [1.165, 1.54) is 0 Å². The van der Waals surface area contributed by atoms with E-state index in [4.69, 9.17) is 5.73 Å². The van der Waals surface area contributed by atoms with Gasteiger partial charge in [-0.1, -0.05) is 18.2 Å². The van der Waals surface area contributed by atoms with Crippen LogP contribution in [0.5, 0.6) is 0 Å². The van der Waals surface area contributed by atoms with E-state index in [-0.39, 0.29) is 0 Å². The minimum Gasteiger partial charge on any atom is -0.330 e. The number of fused-ring (bicyclic) bond motifs is 1. The van der Waals surface area contributed by atoms with Crippen molar-refractivity contribution in [3.63, 3.8) is 0 Å². The number of hydrogen-bond acceptors (Lipinski definition) is 5. The van der Waals surface area contributed by atoms with Gasteiger partial charge in [0.2, 0.25) is 5.95 Å². The largest absolute Gasteiger partial charge is 0.330 e. The maximum atomic E-state index is 5.53. The van der Waals surface area contributed by atoms with Gasteiger partial charge < -0.3 is 11.1 Å². The predicted molar refractivity (Wildman–Crippen MR) is 82.5 cm³/mol. The van der Waals surface area contributed by atoms with E-state index in [2.05, 4.69) is 20.4 Å². The molecule has 6 heteroatoms. The summed E-state index contributed by atoms with van der Waals surface area (Å²) < 4.78 is 1.79. The van der Waals surface area contributed by atoms with E-state index in [9.17, 15) is 0 Å². The summed E-state index contributed by atoms with van der Waals surface area (Å²) in [4.78, 5) is 8.86. The van der Waals surface area contributed by atoms with Crippen molar-refractivity contribution in [3.8, 4) is 0 Å². The van der Waals surface area contributed by atoms with Crippen molar-refractivity contribution in [1.29, 1.82) is 0 Å². The van der Waals surface area contributed by atoms with Crippen molar-refractivity contribution < 1.29 is 0 Å². The first-order valence-electron chi connectivity index (χ1n) is 7.09. The smallest absolute Gasteiger partial charge is 0.247 e. The monoisotopic (exact) mass is 282 g/mol. The summed E-state index contributed by atoms with van der Waals surface area (Å²) in [5.41, 5.74) is 7.29. The summed E-state index contributed by atoms with van der Waals surface area (Å²) in [5, 5.41) is 7.68. The molecule has 0 spiro atoms. The fraction of sp³-hybridized carbons (Fsp3) is 0.267. The third-order valence-electron chi connectivity index (χ3n) is 3.21. The van der Waals surface area contributed by atoms with Crippen LogP contribution in [0.1, 0.15) is 18.7 Å². The topological polar surface area (TPSA) is 81.1 Å². The Morgan fingerprint density at radius 3 is 2.76 bits per heavy atom. The summed E-state index contributed by atoms with van der Waals surface area (Å²) in [6.45, 7) is 0.703. The third kappa shape index (κ3) is 3.17. The number of anilines is 2. The molecule has 21 heavy (non-hydrogen) atoms. The zero-order valence-corrected chi connectivity index (χ0v) is 11.7. The molecule has 0 atom stereocenters. The normalized spacial score (nSPS) is 10.9. The number of nitrogens with two attached hydrogens (primary N) is 1. The lowest BCUT2D eigenvalue weighted by Crippen LogP contribution is -2.04. The van der Waals surface area contributed by atoms with Crippen LogP contribution in [0.3, 0.4) is 0 Å². The van der Waals surface area contributed by atoms with Crippen molar-refractivity contribution in [2.24, 2.45) is 5.73 Å². The van der Waals surface area contributed by atoms with Crippen LogP contribution < -0.4 is 11.1 Å². The lowest BCUT2D eigenvalue weighted by molar-refractivity contribution is 0.690. The maximum Gasteiger partial charge on any atom is 0.247 e. The second kappa shape index (κ2) is 6.32. The van der Waals surface area contributed by atoms with Crippen LogP contribution >= 0.6 is 0 Å². The van der Waals surface area contributed by atoms with Crippen LogP contribution in [-0.4, -0.2) is 26.1 Å². The van der Waals surface area contributed by atoms with E-state index in [0.29, 0.717) is 12.5 Å². The molecule has 0 amide bonds. The van der Waals surface area contributed by atoms with Gasteiger partial charge in [-0.3, -0.25) is 0 Å². The second-order valence-corrected chi connectivity index (χ2v) is 4.80. The molecule has 1 aromatic carbocycles. The lowest BCUT2D eigenvalue weighted by Gasteiger charge is -2.01. The average molecular weight is 282 g/mol. The Hall–Kier alpha value is -2.47. The molecule has 0 aliphatic rings. The van der Waals surface area contributed by atoms with Crippen LogP contribution in [0.2, 0.25) is 0 Å². The van der Waals surface area contributed by atoms with E-state index >= 15 is 0 Å². The fourth-order valence-electron chi connectivity index (χ4n) is 2.17. The summed E-state index contributed by atoms with van der Waals surface area (Å²) in [7, 11) is 0. The Balaban J connectivity index is 1.84. The molecule has 3 N–H and O–H groups in total. The van der Waals surface area contributed by atoms with Gasteiger partial charge in [0.25, 0.3) is 0 Å². The highest BCUT2D eigenvalue weighted by Gasteiger charge is 2.08. The van der Waals surface area contributed by atoms with Crippen LogP contribution in [0.4, 0.5) is 11.6 Å². The van der Waals surface area contributed by atoms with Crippen molar-refractivity contribution in [2.45, 2.75) is 19.3 Å². The highest BCUT2D eigenvalue weighted by atomic mass is 15.4. The van der Waals surface area contributed by atoms with Crippen LogP contribution in [0, 0.1) is 0 Å². The molecule has 0 aliphatic carbocycles.